The summed E-state index contributed by atoms with van der Waals surface area (Å²) in [6, 6.07) is 0. The Morgan fingerprint density at radius 3 is 2.81 bits per heavy atom. The summed E-state index contributed by atoms with van der Waals surface area (Å²) in [5.74, 6) is -0.332. The van der Waals surface area contributed by atoms with Crippen molar-refractivity contribution in [1.29, 1.82) is 0 Å². The number of hydrogen-bond donors (Lipinski definition) is 2. The van der Waals surface area contributed by atoms with Gasteiger partial charge in [-0.25, -0.2) is 4.98 Å². The molecule has 86 valence electrons. The lowest BCUT2D eigenvalue weighted by molar-refractivity contribution is -0.136. The number of H-pyrrole nitrogens is 1. The van der Waals surface area contributed by atoms with Crippen molar-refractivity contribution in [2.75, 3.05) is 18.0 Å². The number of aromatic amines is 1. The molecule has 0 aromatic carbocycles. The fraction of sp³-hybridized carbons (Fsp3) is 0.500. The van der Waals surface area contributed by atoms with Crippen molar-refractivity contribution in [3.63, 3.8) is 0 Å². The highest BCUT2D eigenvalue weighted by atomic mass is 16.4. The molecule has 1 saturated heterocycles. The zero-order valence-electron chi connectivity index (χ0n) is 8.77. The van der Waals surface area contributed by atoms with Gasteiger partial charge in [0, 0.05) is 31.3 Å². The molecule has 16 heavy (non-hydrogen) atoms. The van der Waals surface area contributed by atoms with Crippen LogP contribution in [0.1, 0.15) is 18.4 Å². The van der Waals surface area contributed by atoms with Gasteiger partial charge in [-0.15, -0.1) is 0 Å². The number of hydrogen-bond acceptors (Lipinski definition) is 4. The van der Waals surface area contributed by atoms with Gasteiger partial charge in [0.15, 0.2) is 0 Å². The standard InChI is InChI=1S/C10H13N3O3/c14-8(15)3-2-7-6-11-10(12-9(7)16)13-4-1-5-13/h6H,1-5H2,(H,14,15)(H,11,12,16). The van der Waals surface area contributed by atoms with E-state index >= 15 is 0 Å². The molecule has 1 aromatic rings. The zero-order chi connectivity index (χ0) is 11.5. The van der Waals surface area contributed by atoms with E-state index in [9.17, 15) is 9.59 Å². The molecule has 0 bridgehead atoms. The molecular weight excluding hydrogens is 210 g/mol. The van der Waals surface area contributed by atoms with E-state index in [-0.39, 0.29) is 18.4 Å². The van der Waals surface area contributed by atoms with E-state index in [1.54, 1.807) is 0 Å². The molecule has 0 radical (unpaired) electrons. The Kier molecular flexibility index (Phi) is 2.89. The maximum absolute atomic E-state index is 11.6. The third kappa shape index (κ3) is 2.21. The van der Waals surface area contributed by atoms with Gasteiger partial charge in [-0.1, -0.05) is 0 Å². The molecule has 1 aromatic heterocycles. The SMILES string of the molecule is O=C(O)CCc1cnc(N2CCC2)[nH]c1=O. The number of carboxylic acid groups (broad SMARTS) is 1. The maximum atomic E-state index is 11.6. The summed E-state index contributed by atoms with van der Waals surface area (Å²) in [7, 11) is 0. The van der Waals surface area contributed by atoms with Gasteiger partial charge in [0.2, 0.25) is 5.95 Å². The minimum absolute atomic E-state index is 0.0478. The predicted octanol–water partition coefficient (Wildman–Crippen LogP) is -0.00280. The van der Waals surface area contributed by atoms with Crippen LogP contribution in [-0.4, -0.2) is 34.1 Å². The van der Waals surface area contributed by atoms with Gasteiger partial charge in [-0.3, -0.25) is 14.6 Å². The van der Waals surface area contributed by atoms with E-state index in [0.29, 0.717) is 11.5 Å². The number of nitrogens with zero attached hydrogens (tertiary/aromatic N) is 2. The summed E-state index contributed by atoms with van der Waals surface area (Å²) in [6.07, 6.45) is 2.76. The van der Waals surface area contributed by atoms with Gasteiger partial charge in [0.05, 0.1) is 0 Å². The van der Waals surface area contributed by atoms with Crippen LogP contribution in [-0.2, 0) is 11.2 Å². The second-order valence-electron chi connectivity index (χ2n) is 3.80. The highest BCUT2D eigenvalue weighted by molar-refractivity contribution is 5.67. The number of nitrogens with one attached hydrogen (secondary N) is 1. The molecule has 1 aliphatic heterocycles. The Bertz CT molecular complexity index is 451. The first kappa shape index (κ1) is 10.7. The molecule has 0 spiro atoms. The average molecular weight is 223 g/mol. The van der Waals surface area contributed by atoms with E-state index in [1.807, 2.05) is 4.90 Å². The Morgan fingerprint density at radius 2 is 2.31 bits per heavy atom. The molecule has 0 unspecified atom stereocenters. The lowest BCUT2D eigenvalue weighted by Gasteiger charge is -2.31. The number of anilines is 1. The first-order valence-electron chi connectivity index (χ1n) is 5.22. The number of aryl methyl sites for hydroxylation is 1. The lowest BCUT2D eigenvalue weighted by Crippen LogP contribution is -2.39. The Morgan fingerprint density at radius 1 is 1.56 bits per heavy atom. The summed E-state index contributed by atoms with van der Waals surface area (Å²) >= 11 is 0. The molecule has 2 heterocycles. The summed E-state index contributed by atoms with van der Waals surface area (Å²) in [5, 5.41) is 8.51. The third-order valence-corrected chi connectivity index (χ3v) is 2.62. The van der Waals surface area contributed by atoms with E-state index < -0.39 is 5.97 Å². The van der Waals surface area contributed by atoms with Crippen LogP contribution in [0.2, 0.25) is 0 Å². The molecule has 1 fully saturated rings. The molecule has 6 heteroatoms. The summed E-state index contributed by atoms with van der Waals surface area (Å²) in [5.41, 5.74) is 0.185. The molecular formula is C10H13N3O3. The topological polar surface area (TPSA) is 86.3 Å². The smallest absolute Gasteiger partial charge is 0.303 e. The minimum atomic E-state index is -0.911. The fourth-order valence-electron chi connectivity index (χ4n) is 1.52. The largest absolute Gasteiger partial charge is 0.481 e. The predicted molar refractivity (Wildman–Crippen MR) is 57.6 cm³/mol. The van der Waals surface area contributed by atoms with Crippen LogP contribution in [0.3, 0.4) is 0 Å². The van der Waals surface area contributed by atoms with Gasteiger partial charge in [0.1, 0.15) is 0 Å². The Balaban J connectivity index is 2.10. The molecule has 0 atom stereocenters. The van der Waals surface area contributed by atoms with Crippen LogP contribution in [0.15, 0.2) is 11.0 Å². The van der Waals surface area contributed by atoms with Gasteiger partial charge in [-0.05, 0) is 12.8 Å². The van der Waals surface area contributed by atoms with Crippen LogP contribution in [0.4, 0.5) is 5.95 Å². The monoisotopic (exact) mass is 223 g/mol. The first-order chi connectivity index (χ1) is 7.66. The molecule has 2 rings (SSSR count). The van der Waals surface area contributed by atoms with E-state index in [2.05, 4.69) is 9.97 Å². The molecule has 1 aliphatic rings. The van der Waals surface area contributed by atoms with Crippen molar-refractivity contribution in [2.45, 2.75) is 19.3 Å². The number of aromatic nitrogens is 2. The molecule has 0 aliphatic carbocycles. The molecule has 2 N–H and O–H groups in total. The van der Waals surface area contributed by atoms with E-state index in [0.717, 1.165) is 19.5 Å². The van der Waals surface area contributed by atoms with Crippen LogP contribution >= 0.6 is 0 Å². The number of carboxylic acids is 1. The van der Waals surface area contributed by atoms with Crippen molar-refractivity contribution in [1.82, 2.24) is 9.97 Å². The van der Waals surface area contributed by atoms with Crippen LogP contribution in [0.5, 0.6) is 0 Å². The lowest BCUT2D eigenvalue weighted by atomic mass is 10.2. The number of rotatable bonds is 4. The van der Waals surface area contributed by atoms with Crippen LogP contribution in [0.25, 0.3) is 0 Å². The van der Waals surface area contributed by atoms with Gasteiger partial charge >= 0.3 is 5.97 Å². The summed E-state index contributed by atoms with van der Waals surface area (Å²) in [4.78, 5) is 30.7. The minimum Gasteiger partial charge on any atom is -0.481 e. The molecule has 0 amide bonds. The van der Waals surface area contributed by atoms with Crippen molar-refractivity contribution in [3.05, 3.63) is 22.1 Å². The van der Waals surface area contributed by atoms with Gasteiger partial charge in [-0.2, -0.15) is 0 Å². The first-order valence-corrected chi connectivity index (χ1v) is 5.22. The van der Waals surface area contributed by atoms with Crippen LogP contribution < -0.4 is 10.5 Å². The summed E-state index contributed by atoms with van der Waals surface area (Å²) in [6.45, 7) is 1.83. The number of carbonyl (C=O) groups is 1. The molecule has 0 saturated carbocycles. The van der Waals surface area contributed by atoms with Crippen molar-refractivity contribution in [2.24, 2.45) is 0 Å². The van der Waals surface area contributed by atoms with Gasteiger partial charge in [0.25, 0.3) is 5.56 Å². The Hall–Kier alpha value is -1.85. The molecule has 6 nitrogen and oxygen atoms in total. The second kappa shape index (κ2) is 4.34. The Labute approximate surface area is 91.9 Å². The van der Waals surface area contributed by atoms with E-state index in [4.69, 9.17) is 5.11 Å². The zero-order valence-corrected chi connectivity index (χ0v) is 8.77. The summed E-state index contributed by atoms with van der Waals surface area (Å²) < 4.78 is 0. The maximum Gasteiger partial charge on any atom is 0.303 e. The normalized spacial score (nSPS) is 14.6. The van der Waals surface area contributed by atoms with Crippen molar-refractivity contribution >= 4 is 11.9 Å². The quantitative estimate of drug-likeness (QED) is 0.750. The van der Waals surface area contributed by atoms with Crippen LogP contribution in [0, 0.1) is 0 Å². The van der Waals surface area contributed by atoms with Crippen molar-refractivity contribution in [3.8, 4) is 0 Å². The third-order valence-electron chi connectivity index (χ3n) is 2.62. The average Bonchev–Trinajstić information content (AvgIpc) is 2.13. The highest BCUT2D eigenvalue weighted by Crippen LogP contribution is 2.13. The van der Waals surface area contributed by atoms with E-state index in [1.165, 1.54) is 6.20 Å². The van der Waals surface area contributed by atoms with Gasteiger partial charge < -0.3 is 10.0 Å². The highest BCUT2D eigenvalue weighted by Gasteiger charge is 2.17. The number of aliphatic carboxylic acids is 1. The fourth-order valence-corrected chi connectivity index (χ4v) is 1.52. The second-order valence-corrected chi connectivity index (χ2v) is 3.80. The van der Waals surface area contributed by atoms with Crippen molar-refractivity contribution < 1.29 is 9.90 Å².